The van der Waals surface area contributed by atoms with Crippen LogP contribution in [0.4, 0.5) is 0 Å². The van der Waals surface area contributed by atoms with Crippen LogP contribution in [-0.4, -0.2) is 47.5 Å². The fourth-order valence-electron chi connectivity index (χ4n) is 3.51. The van der Waals surface area contributed by atoms with Crippen molar-refractivity contribution in [2.24, 2.45) is 5.92 Å². The molecular formula is C20H27N3O3. The van der Waals surface area contributed by atoms with Crippen LogP contribution in [-0.2, 0) is 20.9 Å². The van der Waals surface area contributed by atoms with Gasteiger partial charge in [-0.25, -0.2) is 4.79 Å². The number of aromatic amines is 1. The van der Waals surface area contributed by atoms with E-state index >= 15 is 0 Å². The summed E-state index contributed by atoms with van der Waals surface area (Å²) in [4.78, 5) is 29.7. The van der Waals surface area contributed by atoms with Gasteiger partial charge in [0.15, 0.2) is 0 Å². The minimum absolute atomic E-state index is 0.0360. The van der Waals surface area contributed by atoms with Gasteiger partial charge >= 0.3 is 5.97 Å². The standard InChI is InChI=1S/C20H27N3O3/c1-3-26-20(25)14(2)22-19(24)15-8-10-23(11-9-15)13-16-12-21-18-7-5-4-6-17(16)18/h4-7,12,14-15,21H,3,8-11,13H2,1-2H3,(H,22,24)/t14-/m0/s1. The summed E-state index contributed by atoms with van der Waals surface area (Å²) in [6, 6.07) is 7.72. The molecule has 2 aromatic rings. The first-order valence-electron chi connectivity index (χ1n) is 9.32. The zero-order valence-electron chi connectivity index (χ0n) is 15.5. The van der Waals surface area contributed by atoms with Gasteiger partial charge in [0.1, 0.15) is 6.04 Å². The predicted molar refractivity (Wildman–Crippen MR) is 101 cm³/mol. The molecule has 0 saturated carbocycles. The van der Waals surface area contributed by atoms with Crippen molar-refractivity contribution in [3.05, 3.63) is 36.0 Å². The summed E-state index contributed by atoms with van der Waals surface area (Å²) in [5.74, 6) is -0.457. The minimum Gasteiger partial charge on any atom is -0.464 e. The number of piperidine rings is 1. The number of nitrogens with zero attached hydrogens (tertiary/aromatic N) is 1. The van der Waals surface area contributed by atoms with Gasteiger partial charge < -0.3 is 15.0 Å². The van der Waals surface area contributed by atoms with Gasteiger partial charge in [0.25, 0.3) is 0 Å². The number of carbonyl (C=O) groups is 2. The highest BCUT2D eigenvalue weighted by molar-refractivity contribution is 5.85. The summed E-state index contributed by atoms with van der Waals surface area (Å²) >= 11 is 0. The number of hydrogen-bond acceptors (Lipinski definition) is 4. The molecule has 2 heterocycles. The molecule has 26 heavy (non-hydrogen) atoms. The van der Waals surface area contributed by atoms with Crippen molar-refractivity contribution in [1.29, 1.82) is 0 Å². The van der Waals surface area contributed by atoms with Gasteiger partial charge in [0, 0.05) is 29.6 Å². The molecule has 1 aromatic heterocycles. The van der Waals surface area contributed by atoms with Crippen LogP contribution in [0.5, 0.6) is 0 Å². The van der Waals surface area contributed by atoms with Gasteiger partial charge in [-0.05, 0) is 51.4 Å². The van der Waals surface area contributed by atoms with Crippen molar-refractivity contribution in [1.82, 2.24) is 15.2 Å². The van der Waals surface area contributed by atoms with Crippen LogP contribution >= 0.6 is 0 Å². The molecule has 3 rings (SSSR count). The first-order chi connectivity index (χ1) is 12.6. The Kier molecular flexibility index (Phi) is 5.93. The van der Waals surface area contributed by atoms with E-state index in [2.05, 4.69) is 39.6 Å². The fourth-order valence-corrected chi connectivity index (χ4v) is 3.51. The molecule has 0 bridgehead atoms. The van der Waals surface area contributed by atoms with Crippen molar-refractivity contribution in [2.75, 3.05) is 19.7 Å². The number of fused-ring (bicyclic) bond motifs is 1. The molecule has 0 aliphatic carbocycles. The zero-order chi connectivity index (χ0) is 18.5. The summed E-state index contributed by atoms with van der Waals surface area (Å²) in [5.41, 5.74) is 2.45. The third kappa shape index (κ3) is 4.25. The Balaban J connectivity index is 1.49. The Morgan fingerprint density at radius 2 is 2.04 bits per heavy atom. The number of aromatic nitrogens is 1. The first kappa shape index (κ1) is 18.5. The van der Waals surface area contributed by atoms with Crippen LogP contribution in [0.3, 0.4) is 0 Å². The number of likely N-dealkylation sites (tertiary alicyclic amines) is 1. The van der Waals surface area contributed by atoms with Crippen molar-refractivity contribution in [2.45, 2.75) is 39.3 Å². The summed E-state index contributed by atoms with van der Waals surface area (Å²) in [6.07, 6.45) is 3.69. The summed E-state index contributed by atoms with van der Waals surface area (Å²) in [6.45, 7) is 6.40. The number of nitrogens with one attached hydrogen (secondary N) is 2. The second kappa shape index (κ2) is 8.36. The molecule has 6 heteroatoms. The van der Waals surface area contributed by atoms with Gasteiger partial charge in [0.05, 0.1) is 6.61 Å². The molecule has 1 fully saturated rings. The van der Waals surface area contributed by atoms with E-state index in [1.807, 2.05) is 6.07 Å². The van der Waals surface area contributed by atoms with Gasteiger partial charge in [-0.15, -0.1) is 0 Å². The number of amides is 1. The van der Waals surface area contributed by atoms with Gasteiger partial charge in [0.2, 0.25) is 5.91 Å². The Hall–Kier alpha value is -2.34. The third-order valence-corrected chi connectivity index (χ3v) is 5.03. The molecule has 1 amide bonds. The van der Waals surface area contributed by atoms with E-state index in [1.165, 1.54) is 10.9 Å². The SMILES string of the molecule is CCOC(=O)[C@H](C)NC(=O)C1CCN(Cc2c[nH]c3ccccc23)CC1. The lowest BCUT2D eigenvalue weighted by atomic mass is 9.95. The molecule has 140 valence electrons. The lowest BCUT2D eigenvalue weighted by Crippen LogP contribution is -2.45. The Bertz CT molecular complexity index is 763. The fraction of sp³-hybridized carbons (Fsp3) is 0.500. The monoisotopic (exact) mass is 357 g/mol. The highest BCUT2D eigenvalue weighted by Gasteiger charge is 2.27. The molecule has 1 aliphatic heterocycles. The number of carbonyl (C=O) groups excluding carboxylic acids is 2. The molecule has 0 radical (unpaired) electrons. The molecule has 0 spiro atoms. The van der Waals surface area contributed by atoms with Crippen LogP contribution < -0.4 is 5.32 Å². The number of rotatable bonds is 6. The number of benzene rings is 1. The van der Waals surface area contributed by atoms with Crippen molar-refractivity contribution in [3.63, 3.8) is 0 Å². The summed E-state index contributed by atoms with van der Waals surface area (Å²) in [7, 11) is 0. The zero-order valence-corrected chi connectivity index (χ0v) is 15.5. The number of esters is 1. The van der Waals surface area contributed by atoms with Crippen molar-refractivity contribution in [3.8, 4) is 0 Å². The first-order valence-corrected chi connectivity index (χ1v) is 9.32. The Labute approximate surface area is 153 Å². The van der Waals surface area contributed by atoms with E-state index in [1.54, 1.807) is 13.8 Å². The topological polar surface area (TPSA) is 74.4 Å². The Morgan fingerprint density at radius 1 is 1.31 bits per heavy atom. The number of ether oxygens (including phenoxy) is 1. The molecule has 1 saturated heterocycles. The van der Waals surface area contributed by atoms with Gasteiger partial charge in [-0.2, -0.15) is 0 Å². The maximum atomic E-state index is 12.4. The largest absolute Gasteiger partial charge is 0.464 e. The molecule has 2 N–H and O–H groups in total. The van der Waals surface area contributed by atoms with E-state index in [0.29, 0.717) is 6.61 Å². The molecular weight excluding hydrogens is 330 g/mol. The summed E-state index contributed by atoms with van der Waals surface area (Å²) < 4.78 is 4.94. The van der Waals surface area contributed by atoms with E-state index in [9.17, 15) is 9.59 Å². The molecule has 1 aromatic carbocycles. The minimum atomic E-state index is -0.591. The Morgan fingerprint density at radius 3 is 2.77 bits per heavy atom. The normalized spacial score (nSPS) is 17.2. The molecule has 0 unspecified atom stereocenters. The highest BCUT2D eigenvalue weighted by Crippen LogP contribution is 2.23. The maximum absolute atomic E-state index is 12.4. The molecule has 6 nitrogen and oxygen atoms in total. The van der Waals surface area contributed by atoms with Crippen molar-refractivity contribution >= 4 is 22.8 Å². The number of H-pyrrole nitrogens is 1. The van der Waals surface area contributed by atoms with E-state index in [4.69, 9.17) is 4.74 Å². The predicted octanol–water partition coefficient (Wildman–Crippen LogP) is 2.45. The lowest BCUT2D eigenvalue weighted by molar-refractivity contribution is -0.147. The smallest absolute Gasteiger partial charge is 0.328 e. The molecule has 1 atom stereocenters. The van der Waals surface area contributed by atoms with E-state index < -0.39 is 6.04 Å². The van der Waals surface area contributed by atoms with Crippen LogP contribution in [0.25, 0.3) is 10.9 Å². The maximum Gasteiger partial charge on any atom is 0.328 e. The van der Waals surface area contributed by atoms with E-state index in [-0.39, 0.29) is 17.8 Å². The van der Waals surface area contributed by atoms with Crippen molar-refractivity contribution < 1.29 is 14.3 Å². The van der Waals surface area contributed by atoms with Gasteiger partial charge in [-0.1, -0.05) is 18.2 Å². The van der Waals surface area contributed by atoms with Crippen LogP contribution in [0.15, 0.2) is 30.5 Å². The van der Waals surface area contributed by atoms with Crippen LogP contribution in [0, 0.1) is 5.92 Å². The quantitative estimate of drug-likeness (QED) is 0.779. The average molecular weight is 357 g/mol. The third-order valence-electron chi connectivity index (χ3n) is 5.03. The summed E-state index contributed by atoms with van der Waals surface area (Å²) in [5, 5.41) is 4.04. The highest BCUT2D eigenvalue weighted by atomic mass is 16.5. The lowest BCUT2D eigenvalue weighted by Gasteiger charge is -2.31. The second-order valence-corrected chi connectivity index (χ2v) is 6.89. The number of para-hydroxylation sites is 1. The molecule has 1 aliphatic rings. The van der Waals surface area contributed by atoms with Crippen LogP contribution in [0.2, 0.25) is 0 Å². The van der Waals surface area contributed by atoms with E-state index in [0.717, 1.165) is 38.0 Å². The second-order valence-electron chi connectivity index (χ2n) is 6.89. The average Bonchev–Trinajstić information content (AvgIpc) is 3.05. The number of hydrogen-bond donors (Lipinski definition) is 2. The van der Waals surface area contributed by atoms with Crippen LogP contribution in [0.1, 0.15) is 32.3 Å². The van der Waals surface area contributed by atoms with Gasteiger partial charge in [-0.3, -0.25) is 9.69 Å².